The van der Waals surface area contributed by atoms with E-state index in [1.54, 1.807) is 24.4 Å². The summed E-state index contributed by atoms with van der Waals surface area (Å²) in [6, 6.07) is 14.2. The third kappa shape index (κ3) is 3.62. The van der Waals surface area contributed by atoms with Crippen molar-refractivity contribution in [2.75, 3.05) is 13.2 Å². The second-order valence-electron chi connectivity index (χ2n) is 6.97. The summed E-state index contributed by atoms with van der Waals surface area (Å²) < 4.78 is 21.8. The molecule has 0 unspecified atom stereocenters. The maximum absolute atomic E-state index is 14.6. The number of halogens is 1. The van der Waals surface area contributed by atoms with E-state index in [2.05, 4.69) is 11.4 Å². The molecule has 2 heterocycles. The first-order chi connectivity index (χ1) is 13.7. The molecule has 2 aromatic carbocycles. The molecule has 6 heteroatoms. The molecule has 0 bridgehead atoms. The highest BCUT2D eigenvalue weighted by atomic mass is 19.1. The standard InChI is InChI=1S/C22H20FN3O2/c23-19-2-1-3-20-21(19)18(22(27)25-17-8-10-28-11-9-17)14-26(20)13-16-6-4-15(12-24)5-7-16/h1-7,14,17H,8-11,13H2,(H,25,27). The summed E-state index contributed by atoms with van der Waals surface area (Å²) in [5.74, 6) is -0.672. The monoisotopic (exact) mass is 377 g/mol. The van der Waals surface area contributed by atoms with Crippen molar-refractivity contribution in [3.8, 4) is 6.07 Å². The van der Waals surface area contributed by atoms with Crippen molar-refractivity contribution < 1.29 is 13.9 Å². The minimum atomic E-state index is -0.409. The van der Waals surface area contributed by atoms with Crippen LogP contribution in [0.4, 0.5) is 4.39 Å². The summed E-state index contributed by atoms with van der Waals surface area (Å²) in [4.78, 5) is 12.9. The molecule has 1 aromatic heterocycles. The molecule has 0 saturated carbocycles. The Labute approximate surface area is 162 Å². The molecule has 0 spiro atoms. The Morgan fingerprint density at radius 1 is 1.21 bits per heavy atom. The smallest absolute Gasteiger partial charge is 0.253 e. The summed E-state index contributed by atoms with van der Waals surface area (Å²) in [5, 5.41) is 12.3. The van der Waals surface area contributed by atoms with E-state index < -0.39 is 5.82 Å². The number of amides is 1. The number of aromatic nitrogens is 1. The number of nitriles is 1. The summed E-state index contributed by atoms with van der Waals surface area (Å²) >= 11 is 0. The Morgan fingerprint density at radius 2 is 1.96 bits per heavy atom. The third-order valence-corrected chi connectivity index (χ3v) is 5.09. The molecule has 1 saturated heterocycles. The van der Waals surface area contributed by atoms with Gasteiger partial charge in [0, 0.05) is 37.4 Å². The molecule has 142 valence electrons. The lowest BCUT2D eigenvalue weighted by molar-refractivity contribution is 0.0697. The molecule has 4 rings (SSSR count). The maximum atomic E-state index is 14.6. The Hall–Kier alpha value is -3.17. The minimum absolute atomic E-state index is 0.0462. The number of carbonyl (C=O) groups excluding carboxylic acids is 1. The first-order valence-corrected chi connectivity index (χ1v) is 9.30. The van der Waals surface area contributed by atoms with Crippen LogP contribution in [-0.2, 0) is 11.3 Å². The van der Waals surface area contributed by atoms with Crippen molar-refractivity contribution in [2.24, 2.45) is 0 Å². The van der Waals surface area contributed by atoms with Crippen molar-refractivity contribution in [1.82, 2.24) is 9.88 Å². The van der Waals surface area contributed by atoms with Gasteiger partial charge in [0.2, 0.25) is 0 Å². The van der Waals surface area contributed by atoms with Crippen molar-refractivity contribution in [3.05, 3.63) is 71.2 Å². The normalized spacial score (nSPS) is 14.7. The van der Waals surface area contributed by atoms with Crippen LogP contribution in [0.1, 0.15) is 34.3 Å². The predicted molar refractivity (Wildman–Crippen MR) is 103 cm³/mol. The lowest BCUT2D eigenvalue weighted by Crippen LogP contribution is -2.38. The third-order valence-electron chi connectivity index (χ3n) is 5.09. The average Bonchev–Trinajstić information content (AvgIpc) is 3.09. The van der Waals surface area contributed by atoms with Gasteiger partial charge in [0.05, 0.1) is 22.7 Å². The largest absolute Gasteiger partial charge is 0.381 e. The molecule has 0 aliphatic carbocycles. The molecule has 28 heavy (non-hydrogen) atoms. The lowest BCUT2D eigenvalue weighted by Gasteiger charge is -2.22. The van der Waals surface area contributed by atoms with Crippen LogP contribution in [0.2, 0.25) is 0 Å². The van der Waals surface area contributed by atoms with Crippen molar-refractivity contribution in [3.63, 3.8) is 0 Å². The average molecular weight is 377 g/mol. The molecule has 1 amide bonds. The number of nitrogens with zero attached hydrogens (tertiary/aromatic N) is 2. The molecular weight excluding hydrogens is 357 g/mol. The maximum Gasteiger partial charge on any atom is 0.253 e. The number of hydrogen-bond donors (Lipinski definition) is 1. The van der Waals surface area contributed by atoms with E-state index in [0.717, 1.165) is 18.4 Å². The van der Waals surface area contributed by atoms with Gasteiger partial charge in [-0.25, -0.2) is 4.39 Å². The van der Waals surface area contributed by atoms with Gasteiger partial charge in [-0.3, -0.25) is 4.79 Å². The molecule has 1 aliphatic rings. The zero-order valence-electron chi connectivity index (χ0n) is 15.3. The molecular formula is C22H20FN3O2. The number of benzene rings is 2. The fraction of sp³-hybridized carbons (Fsp3) is 0.273. The quantitative estimate of drug-likeness (QED) is 0.755. The van der Waals surface area contributed by atoms with E-state index in [4.69, 9.17) is 10.00 Å². The summed E-state index contributed by atoms with van der Waals surface area (Å²) in [6.07, 6.45) is 3.23. The molecule has 1 aliphatic heterocycles. The van der Waals surface area contributed by atoms with Gasteiger partial charge in [-0.2, -0.15) is 5.26 Å². The zero-order chi connectivity index (χ0) is 19.5. The van der Waals surface area contributed by atoms with Crippen LogP contribution in [0.15, 0.2) is 48.7 Å². The fourth-order valence-corrected chi connectivity index (χ4v) is 3.60. The number of fused-ring (bicyclic) bond motifs is 1. The van der Waals surface area contributed by atoms with Gasteiger partial charge >= 0.3 is 0 Å². The van der Waals surface area contributed by atoms with E-state index in [9.17, 15) is 9.18 Å². The van der Waals surface area contributed by atoms with Gasteiger partial charge in [-0.1, -0.05) is 18.2 Å². The number of carbonyl (C=O) groups is 1. The molecule has 5 nitrogen and oxygen atoms in total. The van der Waals surface area contributed by atoms with Crippen LogP contribution in [0.25, 0.3) is 10.9 Å². The fourth-order valence-electron chi connectivity index (χ4n) is 3.60. The number of ether oxygens (including phenoxy) is 1. The minimum Gasteiger partial charge on any atom is -0.381 e. The van der Waals surface area contributed by atoms with Crippen molar-refractivity contribution in [1.29, 1.82) is 5.26 Å². The second-order valence-corrected chi connectivity index (χ2v) is 6.97. The van der Waals surface area contributed by atoms with E-state index in [1.807, 2.05) is 22.8 Å². The van der Waals surface area contributed by atoms with Crippen molar-refractivity contribution >= 4 is 16.8 Å². The van der Waals surface area contributed by atoms with E-state index >= 15 is 0 Å². The van der Waals surface area contributed by atoms with Gasteiger partial charge in [-0.05, 0) is 42.7 Å². The summed E-state index contributed by atoms with van der Waals surface area (Å²) in [5.41, 5.74) is 2.56. The SMILES string of the molecule is N#Cc1ccc(Cn2cc(C(=O)NC3CCOCC3)c3c(F)cccc32)cc1. The van der Waals surface area contributed by atoms with Crippen LogP contribution in [-0.4, -0.2) is 29.7 Å². The lowest BCUT2D eigenvalue weighted by atomic mass is 10.1. The van der Waals surface area contributed by atoms with Gasteiger partial charge in [0.15, 0.2) is 0 Å². The van der Waals surface area contributed by atoms with E-state index in [1.165, 1.54) is 6.07 Å². The predicted octanol–water partition coefficient (Wildman–Crippen LogP) is 3.61. The Bertz CT molecular complexity index is 1040. The first kappa shape index (κ1) is 18.2. The van der Waals surface area contributed by atoms with Gasteiger partial charge < -0.3 is 14.6 Å². The Kier molecular flexibility index (Phi) is 5.09. The number of nitrogens with one attached hydrogen (secondary N) is 1. The molecule has 1 fully saturated rings. The highest BCUT2D eigenvalue weighted by Gasteiger charge is 2.22. The molecule has 1 N–H and O–H groups in total. The van der Waals surface area contributed by atoms with E-state index in [0.29, 0.717) is 41.8 Å². The van der Waals surface area contributed by atoms with Crippen LogP contribution >= 0.6 is 0 Å². The molecule has 0 atom stereocenters. The van der Waals surface area contributed by atoms with E-state index in [-0.39, 0.29) is 11.9 Å². The van der Waals surface area contributed by atoms with Crippen LogP contribution in [0.3, 0.4) is 0 Å². The van der Waals surface area contributed by atoms with Gasteiger partial charge in [-0.15, -0.1) is 0 Å². The second kappa shape index (κ2) is 7.83. The molecule has 3 aromatic rings. The van der Waals surface area contributed by atoms with Gasteiger partial charge in [0.1, 0.15) is 5.82 Å². The summed E-state index contributed by atoms with van der Waals surface area (Å²) in [6.45, 7) is 1.73. The first-order valence-electron chi connectivity index (χ1n) is 9.30. The Morgan fingerprint density at radius 3 is 2.68 bits per heavy atom. The summed E-state index contributed by atoms with van der Waals surface area (Å²) in [7, 11) is 0. The van der Waals surface area contributed by atoms with Crippen LogP contribution in [0.5, 0.6) is 0 Å². The Balaban J connectivity index is 1.66. The van der Waals surface area contributed by atoms with Crippen LogP contribution in [0, 0.1) is 17.1 Å². The molecule has 0 radical (unpaired) electrons. The highest BCUT2D eigenvalue weighted by molar-refractivity contribution is 6.07. The number of hydrogen-bond acceptors (Lipinski definition) is 3. The zero-order valence-corrected chi connectivity index (χ0v) is 15.3. The van der Waals surface area contributed by atoms with Crippen LogP contribution < -0.4 is 5.32 Å². The van der Waals surface area contributed by atoms with Gasteiger partial charge in [0.25, 0.3) is 5.91 Å². The highest BCUT2D eigenvalue weighted by Crippen LogP contribution is 2.26. The topological polar surface area (TPSA) is 67.0 Å². The van der Waals surface area contributed by atoms with Crippen molar-refractivity contribution in [2.45, 2.75) is 25.4 Å². The number of rotatable bonds is 4.